The van der Waals surface area contributed by atoms with Crippen molar-refractivity contribution in [2.45, 2.75) is 27.7 Å². The molecule has 0 atom stereocenters. The fourth-order valence-corrected chi connectivity index (χ4v) is 0.145. The Hall–Kier alpha value is -1.72. The van der Waals surface area contributed by atoms with Crippen LogP contribution in [0.4, 0.5) is 0 Å². The standard InChI is InChI=1S/C4H8N2O2.C4H6O2/c1-3(5-7)4(2)6-8;1-3(5)4(2)6/h7-8H,1-2H3;1-2H3. The quantitative estimate of drug-likeness (QED) is 0.300. The minimum atomic E-state index is -0.380. The lowest BCUT2D eigenvalue weighted by molar-refractivity contribution is -0.134. The molecule has 0 amide bonds. The molecule has 0 aliphatic heterocycles. The molecule has 0 aromatic heterocycles. The van der Waals surface area contributed by atoms with E-state index in [-0.39, 0.29) is 11.6 Å². The molecule has 0 aliphatic carbocycles. The molecule has 0 fully saturated rings. The zero-order valence-corrected chi connectivity index (χ0v) is 8.61. The van der Waals surface area contributed by atoms with E-state index in [0.29, 0.717) is 11.4 Å². The van der Waals surface area contributed by atoms with Crippen LogP contribution in [0.1, 0.15) is 27.7 Å². The molecule has 0 spiro atoms. The number of carbonyl (C=O) groups excluding carboxylic acids is 2. The average molecular weight is 202 g/mol. The van der Waals surface area contributed by atoms with Crippen molar-refractivity contribution in [3.8, 4) is 0 Å². The lowest BCUT2D eigenvalue weighted by Gasteiger charge is -1.88. The lowest BCUT2D eigenvalue weighted by Crippen LogP contribution is -2.04. The Balaban J connectivity index is 0. The molecule has 14 heavy (non-hydrogen) atoms. The Morgan fingerprint density at radius 3 is 1.07 bits per heavy atom. The minimum absolute atomic E-state index is 0.313. The maximum absolute atomic E-state index is 9.79. The number of Topliss-reactive ketones (excluding diaryl/α,β-unsaturated/α-hetero) is 2. The molecule has 6 nitrogen and oxygen atoms in total. The first kappa shape index (κ1) is 14.8. The molecule has 0 saturated carbocycles. The molecule has 0 saturated heterocycles. The molecule has 2 N–H and O–H groups in total. The third kappa shape index (κ3) is 8.38. The molecule has 6 heteroatoms. The third-order valence-electron chi connectivity index (χ3n) is 1.32. The zero-order valence-electron chi connectivity index (χ0n) is 8.61. The molecule has 0 unspecified atom stereocenters. The Bertz CT molecular complexity index is 241. The maximum Gasteiger partial charge on any atom is 0.195 e. The maximum atomic E-state index is 9.79. The van der Waals surface area contributed by atoms with E-state index < -0.39 is 0 Å². The van der Waals surface area contributed by atoms with Crippen LogP contribution >= 0.6 is 0 Å². The predicted octanol–water partition coefficient (Wildman–Crippen LogP) is 0.851. The van der Waals surface area contributed by atoms with Gasteiger partial charge < -0.3 is 10.4 Å². The van der Waals surface area contributed by atoms with Gasteiger partial charge in [0.1, 0.15) is 11.4 Å². The summed E-state index contributed by atoms with van der Waals surface area (Å²) < 4.78 is 0. The van der Waals surface area contributed by atoms with Gasteiger partial charge in [0.2, 0.25) is 0 Å². The molecule has 0 aromatic carbocycles. The number of ketones is 2. The van der Waals surface area contributed by atoms with Gasteiger partial charge in [0.05, 0.1) is 0 Å². The predicted molar refractivity (Wildman–Crippen MR) is 51.2 cm³/mol. The van der Waals surface area contributed by atoms with Gasteiger partial charge in [-0.25, -0.2) is 0 Å². The van der Waals surface area contributed by atoms with Crippen molar-refractivity contribution < 1.29 is 20.0 Å². The van der Waals surface area contributed by atoms with Gasteiger partial charge in [-0.05, 0) is 13.8 Å². The van der Waals surface area contributed by atoms with Crippen LogP contribution in [-0.2, 0) is 9.59 Å². The van der Waals surface area contributed by atoms with Gasteiger partial charge in [0, 0.05) is 13.8 Å². The molecular weight excluding hydrogens is 188 g/mol. The Kier molecular flexibility index (Phi) is 8.35. The number of hydrogen-bond donors (Lipinski definition) is 2. The summed E-state index contributed by atoms with van der Waals surface area (Å²) in [7, 11) is 0. The van der Waals surface area contributed by atoms with E-state index in [0.717, 1.165) is 0 Å². The first-order chi connectivity index (χ1) is 6.36. The van der Waals surface area contributed by atoms with Gasteiger partial charge in [0.15, 0.2) is 11.6 Å². The first-order valence-corrected chi connectivity index (χ1v) is 3.76. The molecule has 80 valence electrons. The highest BCUT2D eigenvalue weighted by Crippen LogP contribution is 1.79. The van der Waals surface area contributed by atoms with E-state index in [4.69, 9.17) is 10.4 Å². The van der Waals surface area contributed by atoms with Crippen LogP contribution in [-0.4, -0.2) is 33.4 Å². The van der Waals surface area contributed by atoms with Gasteiger partial charge in [-0.15, -0.1) is 0 Å². The smallest absolute Gasteiger partial charge is 0.195 e. The van der Waals surface area contributed by atoms with Crippen molar-refractivity contribution in [3.05, 3.63) is 0 Å². The summed E-state index contributed by atoms with van der Waals surface area (Å²) in [5, 5.41) is 21.6. The van der Waals surface area contributed by atoms with Gasteiger partial charge in [0.25, 0.3) is 0 Å². The first-order valence-electron chi connectivity index (χ1n) is 3.76. The summed E-state index contributed by atoms with van der Waals surface area (Å²) in [6, 6.07) is 0. The van der Waals surface area contributed by atoms with Gasteiger partial charge in [-0.2, -0.15) is 0 Å². The van der Waals surface area contributed by atoms with E-state index in [1.807, 2.05) is 0 Å². The van der Waals surface area contributed by atoms with E-state index in [9.17, 15) is 9.59 Å². The molecule has 0 aliphatic rings. The second kappa shape index (κ2) is 7.90. The number of rotatable bonds is 2. The second-order valence-corrected chi connectivity index (χ2v) is 2.48. The minimum Gasteiger partial charge on any atom is -0.411 e. The van der Waals surface area contributed by atoms with Crippen LogP contribution in [0.15, 0.2) is 10.3 Å². The van der Waals surface area contributed by atoms with Crippen molar-refractivity contribution in [2.24, 2.45) is 10.3 Å². The zero-order chi connectivity index (χ0) is 11.7. The van der Waals surface area contributed by atoms with Crippen LogP contribution in [0.5, 0.6) is 0 Å². The van der Waals surface area contributed by atoms with Crippen LogP contribution in [0.3, 0.4) is 0 Å². The van der Waals surface area contributed by atoms with E-state index in [1.165, 1.54) is 27.7 Å². The van der Waals surface area contributed by atoms with Crippen molar-refractivity contribution >= 4 is 23.0 Å². The van der Waals surface area contributed by atoms with Crippen molar-refractivity contribution in [2.75, 3.05) is 0 Å². The molecule has 0 aromatic rings. The van der Waals surface area contributed by atoms with Gasteiger partial charge in [-0.3, -0.25) is 9.59 Å². The Morgan fingerprint density at radius 2 is 1.00 bits per heavy atom. The van der Waals surface area contributed by atoms with Crippen molar-refractivity contribution in [1.29, 1.82) is 0 Å². The van der Waals surface area contributed by atoms with Crippen LogP contribution < -0.4 is 0 Å². The number of oxime groups is 2. The summed E-state index contributed by atoms with van der Waals surface area (Å²) in [4.78, 5) is 19.6. The number of hydrogen-bond acceptors (Lipinski definition) is 6. The number of nitrogens with zero attached hydrogens (tertiary/aromatic N) is 2. The van der Waals surface area contributed by atoms with E-state index >= 15 is 0 Å². The fourth-order valence-electron chi connectivity index (χ4n) is 0.145. The largest absolute Gasteiger partial charge is 0.411 e. The second-order valence-electron chi connectivity index (χ2n) is 2.48. The Labute approximate surface area is 81.9 Å². The number of carbonyl (C=O) groups is 2. The SMILES string of the molecule is CC(=NO)C(C)=NO.CC(=O)C(C)=O. The van der Waals surface area contributed by atoms with Crippen molar-refractivity contribution in [3.63, 3.8) is 0 Å². The molecule has 0 radical (unpaired) electrons. The van der Waals surface area contributed by atoms with Crippen molar-refractivity contribution in [1.82, 2.24) is 0 Å². The lowest BCUT2D eigenvalue weighted by atomic mass is 10.3. The average Bonchev–Trinajstić information content (AvgIpc) is 2.16. The highest BCUT2D eigenvalue weighted by molar-refractivity contribution is 6.40. The summed E-state index contributed by atoms with van der Waals surface area (Å²) in [5.74, 6) is -0.759. The van der Waals surface area contributed by atoms with Crippen LogP contribution in [0.25, 0.3) is 0 Å². The third-order valence-corrected chi connectivity index (χ3v) is 1.32. The Morgan fingerprint density at radius 1 is 0.786 bits per heavy atom. The summed E-state index contributed by atoms with van der Waals surface area (Å²) in [6.07, 6.45) is 0. The topological polar surface area (TPSA) is 99.3 Å². The summed E-state index contributed by atoms with van der Waals surface area (Å²) in [6.45, 7) is 5.58. The molecule has 0 bridgehead atoms. The van der Waals surface area contributed by atoms with Gasteiger partial charge >= 0.3 is 0 Å². The van der Waals surface area contributed by atoms with E-state index in [1.54, 1.807) is 0 Å². The normalized spacial score (nSPS) is 11.4. The molecular formula is C8H14N2O4. The van der Waals surface area contributed by atoms with Gasteiger partial charge in [-0.1, -0.05) is 10.3 Å². The highest BCUT2D eigenvalue weighted by atomic mass is 16.4. The van der Waals surface area contributed by atoms with Crippen LogP contribution in [0, 0.1) is 0 Å². The fraction of sp³-hybridized carbons (Fsp3) is 0.500. The monoisotopic (exact) mass is 202 g/mol. The van der Waals surface area contributed by atoms with E-state index in [2.05, 4.69) is 10.3 Å². The summed E-state index contributed by atoms with van der Waals surface area (Å²) in [5.41, 5.74) is 0.625. The highest BCUT2D eigenvalue weighted by Gasteiger charge is 1.94. The molecule has 0 heterocycles. The molecule has 0 rings (SSSR count). The summed E-state index contributed by atoms with van der Waals surface area (Å²) >= 11 is 0. The van der Waals surface area contributed by atoms with Crippen LogP contribution in [0.2, 0.25) is 0 Å².